The summed E-state index contributed by atoms with van der Waals surface area (Å²) in [6, 6.07) is 4.72. The highest BCUT2D eigenvalue weighted by atomic mass is 79.9. The third kappa shape index (κ3) is 4.28. The Kier molecular flexibility index (Phi) is 5.42. The summed E-state index contributed by atoms with van der Waals surface area (Å²) in [6.45, 7) is 2.79. The second-order valence-electron chi connectivity index (χ2n) is 3.16. The molecule has 1 aromatic carbocycles. The third-order valence-corrected chi connectivity index (χ3v) is 2.50. The first-order valence-corrected chi connectivity index (χ1v) is 5.73. The van der Waals surface area contributed by atoms with Crippen LogP contribution in [0.5, 0.6) is 0 Å². The minimum absolute atomic E-state index is 0.156. The lowest BCUT2D eigenvalue weighted by molar-refractivity contribution is -0.142. The van der Waals surface area contributed by atoms with Crippen molar-refractivity contribution in [1.82, 2.24) is 5.32 Å². The predicted molar refractivity (Wildman–Crippen MR) is 62.4 cm³/mol. The zero-order valence-corrected chi connectivity index (χ0v) is 10.5. The van der Waals surface area contributed by atoms with Crippen LogP contribution in [0.25, 0.3) is 0 Å². The molecule has 1 N–H and O–H groups in total. The van der Waals surface area contributed by atoms with E-state index in [0.717, 1.165) is 5.56 Å². The Hall–Kier alpha value is -0.940. The number of halogens is 2. The summed E-state index contributed by atoms with van der Waals surface area (Å²) < 4.78 is 18.1. The number of esters is 1. The lowest BCUT2D eigenvalue weighted by Gasteiger charge is -2.05. The topological polar surface area (TPSA) is 38.3 Å². The maximum Gasteiger partial charge on any atom is 0.319 e. The van der Waals surface area contributed by atoms with Crippen LogP contribution in [0.15, 0.2) is 22.7 Å². The molecule has 88 valence electrons. The van der Waals surface area contributed by atoms with Gasteiger partial charge in [-0.15, -0.1) is 0 Å². The van der Waals surface area contributed by atoms with E-state index in [0.29, 0.717) is 17.6 Å². The molecular weight excluding hydrogens is 277 g/mol. The quantitative estimate of drug-likeness (QED) is 0.845. The van der Waals surface area contributed by atoms with Crippen LogP contribution in [0.1, 0.15) is 12.5 Å². The fraction of sp³-hybridized carbons (Fsp3) is 0.364. The molecule has 16 heavy (non-hydrogen) atoms. The van der Waals surface area contributed by atoms with E-state index in [2.05, 4.69) is 21.2 Å². The van der Waals surface area contributed by atoms with Crippen LogP contribution in [-0.2, 0) is 16.1 Å². The predicted octanol–water partition coefficient (Wildman–Crippen LogP) is 2.24. The zero-order valence-electron chi connectivity index (χ0n) is 8.93. The minimum atomic E-state index is -0.297. The third-order valence-electron chi connectivity index (χ3n) is 1.89. The van der Waals surface area contributed by atoms with Crippen LogP contribution in [-0.4, -0.2) is 19.1 Å². The lowest BCUT2D eigenvalue weighted by Crippen LogP contribution is -2.24. The molecule has 0 aliphatic carbocycles. The highest BCUT2D eigenvalue weighted by Gasteiger charge is 2.02. The van der Waals surface area contributed by atoms with Gasteiger partial charge in [-0.2, -0.15) is 0 Å². The first-order chi connectivity index (χ1) is 7.63. The number of carbonyl (C=O) groups excluding carboxylic acids is 1. The average molecular weight is 290 g/mol. The molecule has 3 nitrogen and oxygen atoms in total. The smallest absolute Gasteiger partial charge is 0.319 e. The van der Waals surface area contributed by atoms with Crippen molar-refractivity contribution < 1.29 is 13.9 Å². The molecule has 0 atom stereocenters. The summed E-state index contributed by atoms with van der Waals surface area (Å²) in [7, 11) is 0. The van der Waals surface area contributed by atoms with Crippen LogP contribution in [0.2, 0.25) is 0 Å². The highest BCUT2D eigenvalue weighted by Crippen LogP contribution is 2.16. The Bertz CT molecular complexity index is 371. The fourth-order valence-electron chi connectivity index (χ4n) is 1.17. The summed E-state index contributed by atoms with van der Waals surface area (Å²) in [5, 5.41) is 2.92. The van der Waals surface area contributed by atoms with E-state index in [1.165, 1.54) is 6.07 Å². The molecule has 0 spiro atoms. The van der Waals surface area contributed by atoms with E-state index < -0.39 is 0 Å². The van der Waals surface area contributed by atoms with Crippen molar-refractivity contribution in [2.45, 2.75) is 13.5 Å². The standard InChI is InChI=1S/C11H13BrFNO2/c1-2-16-11(15)7-14-6-8-3-4-10(13)9(12)5-8/h3-5,14H,2,6-7H2,1H3. The summed E-state index contributed by atoms with van der Waals surface area (Å²) in [5.74, 6) is -0.585. The molecule has 0 aromatic heterocycles. The number of carbonyl (C=O) groups is 1. The summed E-state index contributed by atoms with van der Waals surface area (Å²) in [5.41, 5.74) is 0.901. The summed E-state index contributed by atoms with van der Waals surface area (Å²) >= 11 is 3.10. The van der Waals surface area contributed by atoms with Crippen LogP contribution in [0.3, 0.4) is 0 Å². The molecule has 1 rings (SSSR count). The van der Waals surface area contributed by atoms with Gasteiger partial charge in [0.1, 0.15) is 5.82 Å². The summed E-state index contributed by atoms with van der Waals surface area (Å²) in [4.78, 5) is 11.0. The van der Waals surface area contributed by atoms with Gasteiger partial charge in [-0.3, -0.25) is 4.79 Å². The minimum Gasteiger partial charge on any atom is -0.465 e. The number of benzene rings is 1. The monoisotopic (exact) mass is 289 g/mol. The maximum atomic E-state index is 12.9. The van der Waals surface area contributed by atoms with Gasteiger partial charge in [-0.05, 0) is 40.5 Å². The van der Waals surface area contributed by atoms with Crippen molar-refractivity contribution in [3.63, 3.8) is 0 Å². The van der Waals surface area contributed by atoms with E-state index in [1.54, 1.807) is 19.1 Å². The molecule has 0 aliphatic rings. The molecule has 5 heteroatoms. The summed E-state index contributed by atoms with van der Waals surface area (Å²) in [6.07, 6.45) is 0. The van der Waals surface area contributed by atoms with E-state index in [-0.39, 0.29) is 18.3 Å². The van der Waals surface area contributed by atoms with Crippen molar-refractivity contribution in [3.05, 3.63) is 34.1 Å². The Labute approximate surface area is 102 Å². The van der Waals surface area contributed by atoms with Gasteiger partial charge < -0.3 is 10.1 Å². The van der Waals surface area contributed by atoms with Crippen molar-refractivity contribution in [2.24, 2.45) is 0 Å². The zero-order chi connectivity index (χ0) is 12.0. The van der Waals surface area contributed by atoms with E-state index in [1.807, 2.05) is 0 Å². The van der Waals surface area contributed by atoms with Crippen LogP contribution in [0.4, 0.5) is 4.39 Å². The largest absolute Gasteiger partial charge is 0.465 e. The SMILES string of the molecule is CCOC(=O)CNCc1ccc(F)c(Br)c1. The van der Waals surface area contributed by atoms with Gasteiger partial charge in [-0.25, -0.2) is 4.39 Å². The van der Waals surface area contributed by atoms with E-state index in [9.17, 15) is 9.18 Å². The number of ether oxygens (including phenoxy) is 1. The Morgan fingerprint density at radius 1 is 1.56 bits per heavy atom. The molecule has 0 fully saturated rings. The van der Waals surface area contributed by atoms with Gasteiger partial charge in [0.2, 0.25) is 0 Å². The van der Waals surface area contributed by atoms with E-state index in [4.69, 9.17) is 4.74 Å². The fourth-order valence-corrected chi connectivity index (χ4v) is 1.60. The molecule has 0 heterocycles. The number of nitrogens with one attached hydrogen (secondary N) is 1. The number of hydrogen-bond acceptors (Lipinski definition) is 3. The van der Waals surface area contributed by atoms with Gasteiger partial charge in [-0.1, -0.05) is 6.07 Å². The molecular formula is C11H13BrFNO2. The second kappa shape index (κ2) is 6.60. The van der Waals surface area contributed by atoms with E-state index >= 15 is 0 Å². The van der Waals surface area contributed by atoms with Crippen molar-refractivity contribution in [3.8, 4) is 0 Å². The van der Waals surface area contributed by atoms with Crippen LogP contribution in [0, 0.1) is 5.82 Å². The van der Waals surface area contributed by atoms with Crippen molar-refractivity contribution in [1.29, 1.82) is 0 Å². The molecule has 0 amide bonds. The van der Waals surface area contributed by atoms with Gasteiger partial charge >= 0.3 is 5.97 Å². The molecule has 0 unspecified atom stereocenters. The van der Waals surface area contributed by atoms with Gasteiger partial charge in [0, 0.05) is 6.54 Å². The Morgan fingerprint density at radius 3 is 2.94 bits per heavy atom. The molecule has 0 radical (unpaired) electrons. The molecule has 0 bridgehead atoms. The average Bonchev–Trinajstić information content (AvgIpc) is 2.24. The van der Waals surface area contributed by atoms with Gasteiger partial charge in [0.15, 0.2) is 0 Å². The van der Waals surface area contributed by atoms with Crippen molar-refractivity contribution >= 4 is 21.9 Å². The molecule has 0 saturated heterocycles. The molecule has 0 aliphatic heterocycles. The van der Waals surface area contributed by atoms with Gasteiger partial charge in [0.05, 0.1) is 17.6 Å². The Balaban J connectivity index is 2.37. The van der Waals surface area contributed by atoms with Crippen LogP contribution < -0.4 is 5.32 Å². The molecule has 0 saturated carbocycles. The highest BCUT2D eigenvalue weighted by molar-refractivity contribution is 9.10. The number of rotatable bonds is 5. The normalized spacial score (nSPS) is 10.2. The lowest BCUT2D eigenvalue weighted by atomic mass is 10.2. The van der Waals surface area contributed by atoms with Crippen molar-refractivity contribution in [2.75, 3.05) is 13.2 Å². The van der Waals surface area contributed by atoms with Gasteiger partial charge in [0.25, 0.3) is 0 Å². The van der Waals surface area contributed by atoms with Crippen LogP contribution >= 0.6 is 15.9 Å². The first-order valence-electron chi connectivity index (χ1n) is 4.93. The molecule has 1 aromatic rings. The first kappa shape index (κ1) is 13.1. The number of hydrogen-bond donors (Lipinski definition) is 1. The maximum absolute atomic E-state index is 12.9. The second-order valence-corrected chi connectivity index (χ2v) is 4.01. The Morgan fingerprint density at radius 2 is 2.31 bits per heavy atom.